The summed E-state index contributed by atoms with van der Waals surface area (Å²) in [4.78, 5) is 23.8. The number of benzene rings is 1. The van der Waals surface area contributed by atoms with Crippen LogP contribution in [0.3, 0.4) is 0 Å². The molecular weight excluding hydrogens is 344 g/mol. The van der Waals surface area contributed by atoms with Crippen LogP contribution in [-0.2, 0) is 11.2 Å². The number of carbonyl (C=O) groups is 1. The van der Waals surface area contributed by atoms with Crippen molar-refractivity contribution in [1.29, 1.82) is 0 Å². The van der Waals surface area contributed by atoms with E-state index in [-0.39, 0.29) is 6.42 Å². The molecule has 27 heavy (non-hydrogen) atoms. The number of rotatable bonds is 7. The first kappa shape index (κ1) is 18.3. The SMILES string of the molecule is COc1ccnc(Nc2cc(C)cc(-c3cccc(CCC(=O)O)n3)c2)n1. The number of carboxylic acid groups (broad SMARTS) is 1. The van der Waals surface area contributed by atoms with Crippen molar-refractivity contribution < 1.29 is 14.6 Å². The molecule has 0 spiro atoms. The third-order valence-corrected chi connectivity index (χ3v) is 3.87. The summed E-state index contributed by atoms with van der Waals surface area (Å²) in [6, 6.07) is 13.3. The van der Waals surface area contributed by atoms with Gasteiger partial charge in [0.05, 0.1) is 19.2 Å². The molecule has 0 amide bonds. The van der Waals surface area contributed by atoms with E-state index in [9.17, 15) is 4.79 Å². The Balaban J connectivity index is 1.86. The Kier molecular flexibility index (Phi) is 5.61. The van der Waals surface area contributed by atoms with E-state index < -0.39 is 5.97 Å². The topological polar surface area (TPSA) is 97.2 Å². The molecule has 0 bridgehead atoms. The van der Waals surface area contributed by atoms with Crippen LogP contribution in [-0.4, -0.2) is 33.1 Å². The maximum atomic E-state index is 10.8. The van der Waals surface area contributed by atoms with Crippen LogP contribution in [0.15, 0.2) is 48.7 Å². The van der Waals surface area contributed by atoms with Gasteiger partial charge in [-0.3, -0.25) is 9.78 Å². The molecule has 7 nitrogen and oxygen atoms in total. The monoisotopic (exact) mass is 364 g/mol. The van der Waals surface area contributed by atoms with Gasteiger partial charge in [0.25, 0.3) is 0 Å². The molecule has 0 aliphatic rings. The molecule has 3 rings (SSSR count). The number of hydrogen-bond donors (Lipinski definition) is 2. The van der Waals surface area contributed by atoms with Crippen molar-refractivity contribution in [2.45, 2.75) is 19.8 Å². The number of hydrogen-bond acceptors (Lipinski definition) is 6. The molecule has 0 fully saturated rings. The van der Waals surface area contributed by atoms with Crippen LogP contribution in [0.2, 0.25) is 0 Å². The molecule has 138 valence electrons. The Labute approximate surface area is 157 Å². The summed E-state index contributed by atoms with van der Waals surface area (Å²) in [5.74, 6) is 0.0878. The number of anilines is 2. The average molecular weight is 364 g/mol. The Hall–Kier alpha value is -3.48. The second-order valence-electron chi connectivity index (χ2n) is 6.04. The lowest BCUT2D eigenvalue weighted by molar-refractivity contribution is -0.136. The van der Waals surface area contributed by atoms with Crippen LogP contribution in [0.25, 0.3) is 11.3 Å². The molecule has 1 aromatic carbocycles. The molecule has 0 saturated heterocycles. The van der Waals surface area contributed by atoms with Crippen LogP contribution in [0.5, 0.6) is 5.88 Å². The van der Waals surface area contributed by atoms with E-state index in [1.165, 1.54) is 0 Å². The lowest BCUT2D eigenvalue weighted by Gasteiger charge is -2.10. The van der Waals surface area contributed by atoms with Crippen LogP contribution < -0.4 is 10.1 Å². The zero-order chi connectivity index (χ0) is 19.2. The molecule has 2 heterocycles. The summed E-state index contributed by atoms with van der Waals surface area (Å²) in [6.07, 6.45) is 2.08. The van der Waals surface area contributed by atoms with Gasteiger partial charge in [-0.2, -0.15) is 4.98 Å². The Morgan fingerprint density at radius 1 is 1.19 bits per heavy atom. The van der Waals surface area contributed by atoms with Crippen LogP contribution >= 0.6 is 0 Å². The number of aliphatic carboxylic acids is 1. The minimum absolute atomic E-state index is 0.0598. The van der Waals surface area contributed by atoms with Crippen molar-refractivity contribution in [2.24, 2.45) is 0 Å². The summed E-state index contributed by atoms with van der Waals surface area (Å²) >= 11 is 0. The zero-order valence-electron chi connectivity index (χ0n) is 15.1. The molecule has 0 unspecified atom stereocenters. The van der Waals surface area contributed by atoms with E-state index in [0.717, 1.165) is 28.2 Å². The Morgan fingerprint density at radius 2 is 2.04 bits per heavy atom. The van der Waals surface area contributed by atoms with Gasteiger partial charge in [-0.25, -0.2) is 4.98 Å². The third kappa shape index (κ3) is 5.01. The van der Waals surface area contributed by atoms with Crippen molar-refractivity contribution >= 4 is 17.6 Å². The lowest BCUT2D eigenvalue weighted by atomic mass is 10.1. The quantitative estimate of drug-likeness (QED) is 0.661. The number of nitrogens with one attached hydrogen (secondary N) is 1. The smallest absolute Gasteiger partial charge is 0.303 e. The standard InChI is InChI=1S/C20H20N4O3/c1-13-10-14(17-5-3-4-15(22-17)6-7-19(25)26)12-16(11-13)23-20-21-9-8-18(24-20)27-2/h3-5,8-12H,6-7H2,1-2H3,(H,25,26)(H,21,23,24). The van der Waals surface area contributed by atoms with Gasteiger partial charge in [0, 0.05) is 35.6 Å². The number of methoxy groups -OCH3 is 1. The number of ether oxygens (including phenoxy) is 1. The minimum Gasteiger partial charge on any atom is -0.481 e. The van der Waals surface area contributed by atoms with Gasteiger partial charge in [0.2, 0.25) is 11.8 Å². The molecular formula is C20H20N4O3. The molecule has 7 heteroatoms. The molecule has 2 N–H and O–H groups in total. The summed E-state index contributed by atoms with van der Waals surface area (Å²) in [5, 5.41) is 12.0. The number of aryl methyl sites for hydroxylation is 2. The first-order valence-corrected chi connectivity index (χ1v) is 8.47. The molecule has 0 atom stereocenters. The van der Waals surface area contributed by atoms with Crippen molar-refractivity contribution in [1.82, 2.24) is 15.0 Å². The highest BCUT2D eigenvalue weighted by Crippen LogP contribution is 2.25. The zero-order valence-corrected chi connectivity index (χ0v) is 15.1. The van der Waals surface area contributed by atoms with Crippen LogP contribution in [0, 0.1) is 6.92 Å². The Bertz CT molecular complexity index is 959. The van der Waals surface area contributed by atoms with Crippen molar-refractivity contribution in [2.75, 3.05) is 12.4 Å². The molecule has 0 radical (unpaired) electrons. The summed E-state index contributed by atoms with van der Waals surface area (Å²) in [5.41, 5.74) is 4.35. The largest absolute Gasteiger partial charge is 0.481 e. The van der Waals surface area contributed by atoms with Crippen molar-refractivity contribution in [3.8, 4) is 17.1 Å². The first-order valence-electron chi connectivity index (χ1n) is 8.47. The Morgan fingerprint density at radius 3 is 2.81 bits per heavy atom. The minimum atomic E-state index is -0.831. The van der Waals surface area contributed by atoms with E-state index in [4.69, 9.17) is 9.84 Å². The predicted octanol–water partition coefficient (Wildman–Crippen LogP) is 3.62. The van der Waals surface area contributed by atoms with Gasteiger partial charge in [0.1, 0.15) is 0 Å². The van der Waals surface area contributed by atoms with E-state index in [0.29, 0.717) is 18.2 Å². The first-order chi connectivity index (χ1) is 13.0. The average Bonchev–Trinajstić information content (AvgIpc) is 2.66. The second kappa shape index (κ2) is 8.27. The number of pyridine rings is 1. The number of carboxylic acids is 1. The van der Waals surface area contributed by atoms with E-state index in [2.05, 4.69) is 20.3 Å². The number of aromatic nitrogens is 3. The van der Waals surface area contributed by atoms with Gasteiger partial charge >= 0.3 is 5.97 Å². The fraction of sp³-hybridized carbons (Fsp3) is 0.200. The van der Waals surface area contributed by atoms with Gasteiger partial charge in [-0.1, -0.05) is 6.07 Å². The van der Waals surface area contributed by atoms with Crippen molar-refractivity contribution in [3.63, 3.8) is 0 Å². The van der Waals surface area contributed by atoms with E-state index in [1.807, 2.05) is 43.3 Å². The second-order valence-corrected chi connectivity index (χ2v) is 6.04. The summed E-state index contributed by atoms with van der Waals surface area (Å²) in [7, 11) is 1.56. The summed E-state index contributed by atoms with van der Waals surface area (Å²) in [6.45, 7) is 2.00. The fourth-order valence-corrected chi connectivity index (χ4v) is 2.66. The molecule has 0 aliphatic heterocycles. The lowest BCUT2D eigenvalue weighted by Crippen LogP contribution is -2.00. The molecule has 0 saturated carbocycles. The molecule has 2 aromatic heterocycles. The van der Waals surface area contributed by atoms with E-state index in [1.54, 1.807) is 19.4 Å². The highest BCUT2D eigenvalue weighted by atomic mass is 16.5. The number of nitrogens with zero attached hydrogens (tertiary/aromatic N) is 3. The normalized spacial score (nSPS) is 10.4. The summed E-state index contributed by atoms with van der Waals surface area (Å²) < 4.78 is 5.12. The third-order valence-electron chi connectivity index (χ3n) is 3.87. The molecule has 3 aromatic rings. The molecule has 0 aliphatic carbocycles. The maximum Gasteiger partial charge on any atom is 0.303 e. The highest BCUT2D eigenvalue weighted by molar-refractivity contribution is 5.69. The van der Waals surface area contributed by atoms with Gasteiger partial charge in [-0.15, -0.1) is 0 Å². The van der Waals surface area contributed by atoms with Crippen LogP contribution in [0.4, 0.5) is 11.6 Å². The fourth-order valence-electron chi connectivity index (χ4n) is 2.66. The highest BCUT2D eigenvalue weighted by Gasteiger charge is 2.07. The van der Waals surface area contributed by atoms with Gasteiger partial charge in [-0.05, 0) is 42.8 Å². The van der Waals surface area contributed by atoms with Gasteiger partial charge < -0.3 is 15.2 Å². The maximum absolute atomic E-state index is 10.8. The van der Waals surface area contributed by atoms with Gasteiger partial charge in [0.15, 0.2) is 0 Å². The van der Waals surface area contributed by atoms with Crippen molar-refractivity contribution in [3.05, 3.63) is 59.9 Å². The predicted molar refractivity (Wildman–Crippen MR) is 102 cm³/mol. The van der Waals surface area contributed by atoms with Crippen LogP contribution in [0.1, 0.15) is 17.7 Å². The van der Waals surface area contributed by atoms with E-state index >= 15 is 0 Å².